The van der Waals surface area contributed by atoms with Crippen LogP contribution in [0.4, 0.5) is 5.82 Å². The molecule has 2 aromatic rings. The third kappa shape index (κ3) is 2.05. The van der Waals surface area contributed by atoms with Gasteiger partial charge in [0.2, 0.25) is 0 Å². The summed E-state index contributed by atoms with van der Waals surface area (Å²) in [5, 5.41) is 15.1. The molecule has 1 fully saturated rings. The summed E-state index contributed by atoms with van der Waals surface area (Å²) in [5.74, 6) is 1.94. The molecule has 0 bridgehead atoms. The fourth-order valence-electron chi connectivity index (χ4n) is 2.20. The fourth-order valence-corrected chi connectivity index (χ4v) is 2.20. The molecular weight excluding hydrogens is 212 g/mol. The first-order chi connectivity index (χ1) is 8.24. The molecular formula is C14H16N2O. The van der Waals surface area contributed by atoms with Crippen molar-refractivity contribution < 1.29 is 5.11 Å². The molecule has 0 saturated heterocycles. The van der Waals surface area contributed by atoms with Crippen molar-refractivity contribution in [1.82, 2.24) is 4.98 Å². The molecule has 3 heteroatoms. The van der Waals surface area contributed by atoms with Crippen LogP contribution in [0.2, 0.25) is 0 Å². The van der Waals surface area contributed by atoms with Gasteiger partial charge in [-0.3, -0.25) is 0 Å². The number of hydrogen-bond acceptors (Lipinski definition) is 3. The van der Waals surface area contributed by atoms with Gasteiger partial charge < -0.3 is 10.4 Å². The van der Waals surface area contributed by atoms with Gasteiger partial charge in [-0.25, -0.2) is 4.98 Å². The Morgan fingerprint density at radius 1 is 1.35 bits per heavy atom. The lowest BCUT2D eigenvalue weighted by atomic mass is 10.1. The maximum absolute atomic E-state index is 9.55. The van der Waals surface area contributed by atoms with Crippen molar-refractivity contribution in [2.24, 2.45) is 5.92 Å². The number of rotatable bonds is 3. The van der Waals surface area contributed by atoms with E-state index in [0.29, 0.717) is 6.04 Å². The highest BCUT2D eigenvalue weighted by molar-refractivity contribution is 5.92. The maximum Gasteiger partial charge on any atom is 0.134 e. The van der Waals surface area contributed by atoms with Gasteiger partial charge in [0.05, 0.1) is 0 Å². The Morgan fingerprint density at radius 2 is 2.18 bits per heavy atom. The zero-order valence-electron chi connectivity index (χ0n) is 9.85. The first-order valence-electron chi connectivity index (χ1n) is 6.08. The second kappa shape index (κ2) is 3.91. The number of anilines is 1. The van der Waals surface area contributed by atoms with Crippen LogP contribution in [-0.4, -0.2) is 16.1 Å². The molecule has 1 aliphatic rings. The largest absolute Gasteiger partial charge is 0.508 e. The van der Waals surface area contributed by atoms with E-state index in [1.165, 1.54) is 12.8 Å². The molecule has 1 heterocycles. The number of benzene rings is 1. The first kappa shape index (κ1) is 10.4. The molecule has 0 aliphatic heterocycles. The zero-order valence-corrected chi connectivity index (χ0v) is 9.85. The van der Waals surface area contributed by atoms with Crippen molar-refractivity contribution in [2.45, 2.75) is 25.8 Å². The maximum atomic E-state index is 9.55. The summed E-state index contributed by atoms with van der Waals surface area (Å²) in [7, 11) is 0. The predicted molar refractivity (Wildman–Crippen MR) is 69.2 cm³/mol. The Kier molecular flexibility index (Phi) is 2.39. The van der Waals surface area contributed by atoms with E-state index in [-0.39, 0.29) is 5.75 Å². The summed E-state index contributed by atoms with van der Waals surface area (Å²) in [5.41, 5.74) is 0. The highest BCUT2D eigenvalue weighted by Gasteiger charge is 2.28. The van der Waals surface area contributed by atoms with Gasteiger partial charge in [-0.2, -0.15) is 0 Å². The quantitative estimate of drug-likeness (QED) is 0.848. The lowest BCUT2D eigenvalue weighted by Crippen LogP contribution is -2.18. The lowest BCUT2D eigenvalue weighted by Gasteiger charge is -2.15. The van der Waals surface area contributed by atoms with Crippen molar-refractivity contribution in [3.05, 3.63) is 30.5 Å². The number of pyridine rings is 1. The molecule has 1 atom stereocenters. The van der Waals surface area contributed by atoms with Gasteiger partial charge >= 0.3 is 0 Å². The third-order valence-corrected chi connectivity index (χ3v) is 3.44. The number of nitrogens with one attached hydrogen (secondary N) is 1. The smallest absolute Gasteiger partial charge is 0.134 e. The minimum Gasteiger partial charge on any atom is -0.508 e. The van der Waals surface area contributed by atoms with Gasteiger partial charge in [-0.05, 0) is 49.3 Å². The number of phenols is 1. The van der Waals surface area contributed by atoms with Crippen LogP contribution in [0.3, 0.4) is 0 Å². The van der Waals surface area contributed by atoms with Crippen molar-refractivity contribution in [3.8, 4) is 5.75 Å². The monoisotopic (exact) mass is 228 g/mol. The Balaban J connectivity index is 1.99. The summed E-state index contributed by atoms with van der Waals surface area (Å²) >= 11 is 0. The average molecular weight is 228 g/mol. The molecule has 1 aromatic carbocycles. The Hall–Kier alpha value is -1.77. The van der Waals surface area contributed by atoms with E-state index in [1.807, 2.05) is 12.1 Å². The number of nitrogens with zero attached hydrogens (tertiary/aromatic N) is 1. The standard InChI is InChI=1S/C14H16N2O/c1-9(10-2-3-10)16-14-13-8-12(17)5-4-11(13)6-7-15-14/h4-10,17H,2-3H2,1H3,(H,15,16). The summed E-state index contributed by atoms with van der Waals surface area (Å²) in [4.78, 5) is 4.38. The molecule has 17 heavy (non-hydrogen) atoms. The normalized spacial score (nSPS) is 17.0. The van der Waals surface area contributed by atoms with E-state index in [4.69, 9.17) is 0 Å². The SMILES string of the molecule is CC(Nc1nccc2ccc(O)cc12)C1CC1. The molecule has 3 nitrogen and oxygen atoms in total. The van der Waals surface area contributed by atoms with Crippen molar-refractivity contribution in [3.63, 3.8) is 0 Å². The van der Waals surface area contributed by atoms with Crippen LogP contribution in [0, 0.1) is 5.92 Å². The van der Waals surface area contributed by atoms with E-state index in [1.54, 1.807) is 18.3 Å². The summed E-state index contributed by atoms with van der Waals surface area (Å²) in [6.07, 6.45) is 4.43. The van der Waals surface area contributed by atoms with Gasteiger partial charge in [0.15, 0.2) is 0 Å². The van der Waals surface area contributed by atoms with Gasteiger partial charge in [-0.1, -0.05) is 6.07 Å². The van der Waals surface area contributed by atoms with Gasteiger partial charge in [0.25, 0.3) is 0 Å². The number of aromatic nitrogens is 1. The second-order valence-electron chi connectivity index (χ2n) is 4.84. The van der Waals surface area contributed by atoms with Crippen LogP contribution in [-0.2, 0) is 0 Å². The molecule has 2 N–H and O–H groups in total. The van der Waals surface area contributed by atoms with Crippen LogP contribution in [0.1, 0.15) is 19.8 Å². The van der Waals surface area contributed by atoms with Crippen molar-refractivity contribution >= 4 is 16.6 Å². The molecule has 1 unspecified atom stereocenters. The number of phenolic OH excluding ortho intramolecular Hbond substituents is 1. The third-order valence-electron chi connectivity index (χ3n) is 3.44. The van der Waals surface area contributed by atoms with Gasteiger partial charge in [-0.15, -0.1) is 0 Å². The molecule has 1 aromatic heterocycles. The predicted octanol–water partition coefficient (Wildman–Crippen LogP) is 3.15. The Labute approximate surface area is 100 Å². The molecule has 0 spiro atoms. The highest BCUT2D eigenvalue weighted by Crippen LogP contribution is 2.35. The highest BCUT2D eigenvalue weighted by atomic mass is 16.3. The summed E-state index contributed by atoms with van der Waals surface area (Å²) in [6, 6.07) is 7.80. The number of fused-ring (bicyclic) bond motifs is 1. The number of hydrogen-bond donors (Lipinski definition) is 2. The molecule has 0 amide bonds. The van der Waals surface area contributed by atoms with Crippen molar-refractivity contribution in [2.75, 3.05) is 5.32 Å². The Morgan fingerprint density at radius 3 is 2.94 bits per heavy atom. The topological polar surface area (TPSA) is 45.2 Å². The van der Waals surface area contributed by atoms with Crippen LogP contribution >= 0.6 is 0 Å². The van der Waals surface area contributed by atoms with E-state index in [9.17, 15) is 5.11 Å². The second-order valence-corrected chi connectivity index (χ2v) is 4.84. The Bertz CT molecular complexity index is 549. The minimum atomic E-state index is 0.285. The molecule has 1 aliphatic carbocycles. The first-order valence-corrected chi connectivity index (χ1v) is 6.08. The molecule has 0 radical (unpaired) electrons. The van der Waals surface area contributed by atoms with Crippen LogP contribution in [0.25, 0.3) is 10.8 Å². The van der Waals surface area contributed by atoms with E-state index < -0.39 is 0 Å². The fraction of sp³-hybridized carbons (Fsp3) is 0.357. The summed E-state index contributed by atoms with van der Waals surface area (Å²) in [6.45, 7) is 2.20. The van der Waals surface area contributed by atoms with Gasteiger partial charge in [0, 0.05) is 17.6 Å². The van der Waals surface area contributed by atoms with E-state index >= 15 is 0 Å². The molecule has 1 saturated carbocycles. The van der Waals surface area contributed by atoms with Gasteiger partial charge in [0.1, 0.15) is 11.6 Å². The molecule has 88 valence electrons. The van der Waals surface area contributed by atoms with Crippen LogP contribution in [0.15, 0.2) is 30.5 Å². The lowest BCUT2D eigenvalue weighted by molar-refractivity contribution is 0.476. The van der Waals surface area contributed by atoms with Crippen LogP contribution < -0.4 is 5.32 Å². The van der Waals surface area contributed by atoms with Crippen LogP contribution in [0.5, 0.6) is 5.75 Å². The average Bonchev–Trinajstić information content (AvgIpc) is 3.13. The minimum absolute atomic E-state index is 0.285. The number of aromatic hydroxyl groups is 1. The summed E-state index contributed by atoms with van der Waals surface area (Å²) < 4.78 is 0. The van der Waals surface area contributed by atoms with Crippen molar-refractivity contribution in [1.29, 1.82) is 0 Å². The van der Waals surface area contributed by atoms with E-state index in [0.717, 1.165) is 22.5 Å². The molecule has 3 rings (SSSR count). The zero-order chi connectivity index (χ0) is 11.8. The van der Waals surface area contributed by atoms with E-state index in [2.05, 4.69) is 17.2 Å².